The summed E-state index contributed by atoms with van der Waals surface area (Å²) >= 11 is 0. The Balaban J connectivity index is 1.36. The quantitative estimate of drug-likeness (QED) is 0.768. The highest BCUT2D eigenvalue weighted by atomic mass is 16.2. The van der Waals surface area contributed by atoms with Crippen LogP contribution in [-0.4, -0.2) is 32.5 Å². The molecule has 0 radical (unpaired) electrons. The smallest absolute Gasteiger partial charge is 0.270 e. The standard InChI is InChI=1S/C20H22N4O/c25-20(19-11-14-3-1-2-4-16(14)21-19)24-10-9-18-15(12-24)17(22-23-18)8-7-13-5-6-13/h1-4,11,13,21H,5-10,12H2,(H,22,23). The molecule has 2 N–H and O–H groups in total. The fourth-order valence-electron chi connectivity index (χ4n) is 3.84. The average molecular weight is 334 g/mol. The van der Waals surface area contributed by atoms with Crippen molar-refractivity contribution in [2.75, 3.05) is 6.54 Å². The van der Waals surface area contributed by atoms with E-state index in [1.165, 1.54) is 30.5 Å². The fourth-order valence-corrected chi connectivity index (χ4v) is 3.84. The molecule has 2 aliphatic rings. The first kappa shape index (κ1) is 14.8. The lowest BCUT2D eigenvalue weighted by Crippen LogP contribution is -2.36. The highest BCUT2D eigenvalue weighted by Gasteiger charge is 2.28. The predicted molar refractivity (Wildman–Crippen MR) is 96.4 cm³/mol. The lowest BCUT2D eigenvalue weighted by Gasteiger charge is -2.26. The summed E-state index contributed by atoms with van der Waals surface area (Å²) in [5.41, 5.74) is 5.31. The van der Waals surface area contributed by atoms with Crippen molar-refractivity contribution in [2.45, 2.75) is 38.6 Å². The number of rotatable bonds is 4. The zero-order valence-corrected chi connectivity index (χ0v) is 14.2. The van der Waals surface area contributed by atoms with Crippen molar-refractivity contribution in [3.8, 4) is 0 Å². The number of benzene rings is 1. The van der Waals surface area contributed by atoms with Crippen LogP contribution in [0.15, 0.2) is 30.3 Å². The Hall–Kier alpha value is -2.56. The Bertz CT molecular complexity index is 901. The van der Waals surface area contributed by atoms with Gasteiger partial charge in [0, 0.05) is 41.7 Å². The minimum Gasteiger partial charge on any atom is -0.351 e. The summed E-state index contributed by atoms with van der Waals surface area (Å²) in [6.07, 6.45) is 5.87. The topological polar surface area (TPSA) is 64.8 Å². The van der Waals surface area contributed by atoms with Crippen molar-refractivity contribution >= 4 is 16.8 Å². The molecule has 5 nitrogen and oxygen atoms in total. The molecular weight excluding hydrogens is 312 g/mol. The lowest BCUT2D eigenvalue weighted by molar-refractivity contribution is 0.0729. The molecule has 1 fully saturated rings. The maximum Gasteiger partial charge on any atom is 0.270 e. The summed E-state index contributed by atoms with van der Waals surface area (Å²) < 4.78 is 0. The molecule has 5 heteroatoms. The monoisotopic (exact) mass is 334 g/mol. The van der Waals surface area contributed by atoms with Gasteiger partial charge in [0.25, 0.3) is 5.91 Å². The van der Waals surface area contributed by atoms with Gasteiger partial charge >= 0.3 is 0 Å². The first-order valence-corrected chi connectivity index (χ1v) is 9.20. The highest BCUT2D eigenvalue weighted by Crippen LogP contribution is 2.34. The Morgan fingerprint density at radius 3 is 3.00 bits per heavy atom. The second-order valence-electron chi connectivity index (χ2n) is 7.36. The van der Waals surface area contributed by atoms with Crippen LogP contribution in [0.3, 0.4) is 0 Å². The van der Waals surface area contributed by atoms with Crippen molar-refractivity contribution in [3.05, 3.63) is 53.0 Å². The van der Waals surface area contributed by atoms with Crippen LogP contribution in [0, 0.1) is 5.92 Å². The summed E-state index contributed by atoms with van der Waals surface area (Å²) in [4.78, 5) is 18.2. The molecule has 3 aromatic rings. The van der Waals surface area contributed by atoms with E-state index in [-0.39, 0.29) is 5.91 Å². The van der Waals surface area contributed by atoms with Gasteiger partial charge in [0.1, 0.15) is 5.69 Å². The number of hydrogen-bond donors (Lipinski definition) is 2. The van der Waals surface area contributed by atoms with E-state index < -0.39 is 0 Å². The summed E-state index contributed by atoms with van der Waals surface area (Å²) in [7, 11) is 0. The second kappa shape index (κ2) is 5.76. The Morgan fingerprint density at radius 2 is 2.16 bits per heavy atom. The van der Waals surface area contributed by atoms with Crippen LogP contribution in [0.5, 0.6) is 0 Å². The van der Waals surface area contributed by atoms with Gasteiger partial charge < -0.3 is 9.88 Å². The maximum absolute atomic E-state index is 13.0. The first-order valence-electron chi connectivity index (χ1n) is 9.20. The summed E-state index contributed by atoms with van der Waals surface area (Å²) in [6.45, 7) is 1.41. The minimum absolute atomic E-state index is 0.0798. The number of carbonyl (C=O) groups excluding carboxylic acids is 1. The minimum atomic E-state index is 0.0798. The Labute approximate surface area is 146 Å². The van der Waals surface area contributed by atoms with Crippen LogP contribution in [0.25, 0.3) is 10.9 Å². The molecule has 1 aliphatic carbocycles. The normalized spacial score (nSPS) is 17.0. The molecule has 1 aliphatic heterocycles. The number of hydrogen-bond acceptors (Lipinski definition) is 2. The molecular formula is C20H22N4O. The number of aryl methyl sites for hydroxylation is 1. The number of carbonyl (C=O) groups is 1. The average Bonchev–Trinajstić information content (AvgIpc) is 3.23. The highest BCUT2D eigenvalue weighted by molar-refractivity contribution is 5.98. The molecule has 128 valence electrons. The van der Waals surface area contributed by atoms with E-state index in [0.717, 1.165) is 41.9 Å². The van der Waals surface area contributed by atoms with Crippen molar-refractivity contribution in [1.29, 1.82) is 0 Å². The molecule has 3 heterocycles. The molecule has 1 amide bonds. The molecule has 0 saturated heterocycles. The van der Waals surface area contributed by atoms with Gasteiger partial charge in [-0.1, -0.05) is 31.0 Å². The van der Waals surface area contributed by atoms with E-state index in [2.05, 4.69) is 15.2 Å². The number of nitrogens with one attached hydrogen (secondary N) is 2. The molecule has 1 saturated carbocycles. The van der Waals surface area contributed by atoms with Crippen molar-refractivity contribution in [3.63, 3.8) is 0 Å². The molecule has 0 bridgehead atoms. The van der Waals surface area contributed by atoms with E-state index in [9.17, 15) is 4.79 Å². The SMILES string of the molecule is O=C(c1cc2ccccc2[nH]1)N1CCc2[nH]nc(CCC3CC3)c2C1. The van der Waals surface area contributed by atoms with Crippen LogP contribution in [-0.2, 0) is 19.4 Å². The van der Waals surface area contributed by atoms with Gasteiger partial charge in [0.2, 0.25) is 0 Å². The molecule has 0 atom stereocenters. The van der Waals surface area contributed by atoms with E-state index >= 15 is 0 Å². The van der Waals surface area contributed by atoms with E-state index in [4.69, 9.17) is 0 Å². The van der Waals surface area contributed by atoms with Crippen LogP contribution < -0.4 is 0 Å². The first-order chi connectivity index (χ1) is 12.3. The number of fused-ring (bicyclic) bond motifs is 2. The Kier molecular flexibility index (Phi) is 3.40. The van der Waals surface area contributed by atoms with Gasteiger partial charge in [-0.25, -0.2) is 0 Å². The third-order valence-electron chi connectivity index (χ3n) is 5.55. The number of aromatic amines is 2. The van der Waals surface area contributed by atoms with E-state index in [1.807, 2.05) is 35.2 Å². The van der Waals surface area contributed by atoms with Gasteiger partial charge in [0.05, 0.1) is 5.69 Å². The zero-order chi connectivity index (χ0) is 16.8. The van der Waals surface area contributed by atoms with Crippen molar-refractivity contribution in [2.24, 2.45) is 5.92 Å². The van der Waals surface area contributed by atoms with Crippen LogP contribution >= 0.6 is 0 Å². The van der Waals surface area contributed by atoms with Crippen LogP contribution in [0.4, 0.5) is 0 Å². The zero-order valence-electron chi connectivity index (χ0n) is 14.2. The number of nitrogens with zero attached hydrogens (tertiary/aromatic N) is 2. The predicted octanol–water partition coefficient (Wildman–Crippen LogP) is 3.43. The third-order valence-corrected chi connectivity index (χ3v) is 5.55. The summed E-state index contributed by atoms with van der Waals surface area (Å²) in [6, 6.07) is 9.97. The van der Waals surface area contributed by atoms with Gasteiger partial charge in [-0.2, -0.15) is 5.10 Å². The van der Waals surface area contributed by atoms with E-state index in [0.29, 0.717) is 12.2 Å². The van der Waals surface area contributed by atoms with Gasteiger partial charge in [-0.15, -0.1) is 0 Å². The molecule has 5 rings (SSSR count). The Morgan fingerprint density at radius 1 is 1.28 bits per heavy atom. The van der Waals surface area contributed by atoms with Crippen molar-refractivity contribution < 1.29 is 4.79 Å². The van der Waals surface area contributed by atoms with Gasteiger partial charge in [-0.3, -0.25) is 9.89 Å². The van der Waals surface area contributed by atoms with Crippen LogP contribution in [0.1, 0.15) is 46.7 Å². The number of H-pyrrole nitrogens is 2. The molecule has 0 unspecified atom stereocenters. The van der Waals surface area contributed by atoms with Crippen LogP contribution in [0.2, 0.25) is 0 Å². The number of amides is 1. The number of para-hydroxylation sites is 1. The number of aromatic nitrogens is 3. The second-order valence-corrected chi connectivity index (χ2v) is 7.36. The van der Waals surface area contributed by atoms with E-state index in [1.54, 1.807) is 0 Å². The molecule has 25 heavy (non-hydrogen) atoms. The lowest BCUT2D eigenvalue weighted by atomic mass is 10.0. The van der Waals surface area contributed by atoms with Crippen molar-refractivity contribution in [1.82, 2.24) is 20.1 Å². The fraction of sp³-hybridized carbons (Fsp3) is 0.400. The molecule has 1 aromatic carbocycles. The summed E-state index contributed by atoms with van der Waals surface area (Å²) in [5, 5.41) is 8.80. The largest absolute Gasteiger partial charge is 0.351 e. The molecule has 0 spiro atoms. The maximum atomic E-state index is 13.0. The molecule has 2 aromatic heterocycles. The van der Waals surface area contributed by atoms with Gasteiger partial charge in [0.15, 0.2) is 0 Å². The third kappa shape index (κ3) is 2.73. The van der Waals surface area contributed by atoms with Gasteiger partial charge in [-0.05, 0) is 30.9 Å². The summed E-state index contributed by atoms with van der Waals surface area (Å²) in [5.74, 6) is 0.983.